The molecule has 1 saturated heterocycles. The van der Waals surface area contributed by atoms with Crippen LogP contribution in [0.15, 0.2) is 18.3 Å². The van der Waals surface area contributed by atoms with Crippen LogP contribution in [0.5, 0.6) is 0 Å². The van der Waals surface area contributed by atoms with E-state index in [1.807, 2.05) is 12.3 Å². The van der Waals surface area contributed by atoms with Crippen LogP contribution < -0.4 is 4.90 Å². The maximum atomic E-state index is 4.44. The van der Waals surface area contributed by atoms with Crippen molar-refractivity contribution in [3.8, 4) is 0 Å². The molecule has 0 amide bonds. The lowest BCUT2D eigenvalue weighted by Gasteiger charge is -2.31. The summed E-state index contributed by atoms with van der Waals surface area (Å²) in [7, 11) is 0. The van der Waals surface area contributed by atoms with Crippen molar-refractivity contribution in [1.82, 2.24) is 4.98 Å². The van der Waals surface area contributed by atoms with Crippen LogP contribution >= 0.6 is 15.9 Å². The fourth-order valence-corrected chi connectivity index (χ4v) is 2.28. The van der Waals surface area contributed by atoms with Gasteiger partial charge in [0.05, 0.1) is 0 Å². The number of piperidine rings is 1. The topological polar surface area (TPSA) is 16.1 Å². The minimum Gasteiger partial charge on any atom is -0.356 e. The van der Waals surface area contributed by atoms with E-state index in [-0.39, 0.29) is 0 Å². The van der Waals surface area contributed by atoms with Crippen molar-refractivity contribution in [2.24, 2.45) is 0 Å². The Balaban J connectivity index is 2.12. The molecule has 0 N–H and O–H groups in total. The molecule has 0 spiro atoms. The first-order valence-corrected chi connectivity index (χ1v) is 5.99. The van der Waals surface area contributed by atoms with E-state index in [1.165, 1.54) is 18.4 Å². The molecule has 1 aromatic heterocycles. The molecule has 0 aliphatic carbocycles. The van der Waals surface area contributed by atoms with Crippen molar-refractivity contribution in [3.05, 3.63) is 23.9 Å². The van der Waals surface area contributed by atoms with Gasteiger partial charge in [0, 0.05) is 24.1 Å². The van der Waals surface area contributed by atoms with Crippen LogP contribution in [-0.4, -0.2) is 22.9 Å². The predicted octanol–water partition coefficient (Wildman–Crippen LogP) is 2.75. The lowest BCUT2D eigenvalue weighted by molar-refractivity contribution is 0.591. The molecule has 0 bridgehead atoms. The number of nitrogens with zero attached hydrogens (tertiary/aromatic N) is 2. The molecule has 0 atom stereocenters. The summed E-state index contributed by atoms with van der Waals surface area (Å²) in [6.07, 6.45) is 4.31. The largest absolute Gasteiger partial charge is 0.356 e. The van der Waals surface area contributed by atoms with E-state index in [0.717, 1.165) is 18.9 Å². The van der Waals surface area contributed by atoms with Gasteiger partial charge in [0.2, 0.25) is 0 Å². The van der Waals surface area contributed by atoms with Crippen molar-refractivity contribution in [3.63, 3.8) is 0 Å². The molecule has 2 nitrogen and oxygen atoms in total. The molecule has 0 radical (unpaired) electrons. The molecule has 0 aromatic carbocycles. The third-order valence-corrected chi connectivity index (χ3v) is 3.62. The molecule has 1 fully saturated rings. The molecule has 14 heavy (non-hydrogen) atoms. The van der Waals surface area contributed by atoms with E-state index in [0.29, 0.717) is 4.83 Å². The average molecular weight is 255 g/mol. The maximum Gasteiger partial charge on any atom is 0.131 e. The summed E-state index contributed by atoms with van der Waals surface area (Å²) >= 11 is 3.66. The average Bonchev–Trinajstić information content (AvgIpc) is 2.20. The SMILES string of the molecule is Cc1cccnc1N1CCC(Br)CC1. The van der Waals surface area contributed by atoms with Gasteiger partial charge in [0.25, 0.3) is 0 Å². The second-order valence-electron chi connectivity index (χ2n) is 3.81. The smallest absolute Gasteiger partial charge is 0.131 e. The Morgan fingerprint density at radius 3 is 2.79 bits per heavy atom. The zero-order chi connectivity index (χ0) is 9.97. The molecule has 3 heteroatoms. The fourth-order valence-electron chi connectivity index (χ4n) is 1.87. The van der Waals surface area contributed by atoms with Gasteiger partial charge in [-0.05, 0) is 31.4 Å². The van der Waals surface area contributed by atoms with Crippen molar-refractivity contribution >= 4 is 21.7 Å². The molecular formula is C11H15BrN2. The van der Waals surface area contributed by atoms with Crippen molar-refractivity contribution in [1.29, 1.82) is 0 Å². The number of rotatable bonds is 1. The fraction of sp³-hybridized carbons (Fsp3) is 0.545. The van der Waals surface area contributed by atoms with Crippen LogP contribution in [0.4, 0.5) is 5.82 Å². The monoisotopic (exact) mass is 254 g/mol. The van der Waals surface area contributed by atoms with Gasteiger partial charge in [0.1, 0.15) is 5.82 Å². The lowest BCUT2D eigenvalue weighted by Crippen LogP contribution is -2.34. The molecule has 0 saturated carbocycles. The Kier molecular flexibility index (Phi) is 3.06. The zero-order valence-electron chi connectivity index (χ0n) is 8.41. The molecular weight excluding hydrogens is 240 g/mol. The summed E-state index contributed by atoms with van der Waals surface area (Å²) in [4.78, 5) is 7.52. The van der Waals surface area contributed by atoms with Crippen LogP contribution in [0.1, 0.15) is 18.4 Å². The Hall–Kier alpha value is -0.570. The molecule has 76 valence electrons. The first-order valence-electron chi connectivity index (χ1n) is 5.08. The summed E-state index contributed by atoms with van der Waals surface area (Å²) in [6.45, 7) is 4.37. The highest BCUT2D eigenvalue weighted by atomic mass is 79.9. The van der Waals surface area contributed by atoms with Gasteiger partial charge < -0.3 is 4.90 Å². The summed E-state index contributed by atoms with van der Waals surface area (Å²) in [5.41, 5.74) is 1.28. The van der Waals surface area contributed by atoms with Gasteiger partial charge >= 0.3 is 0 Å². The molecule has 1 aliphatic rings. The number of hydrogen-bond acceptors (Lipinski definition) is 2. The number of pyridine rings is 1. The van der Waals surface area contributed by atoms with Crippen LogP contribution in [0.25, 0.3) is 0 Å². The van der Waals surface area contributed by atoms with Gasteiger partial charge in [-0.1, -0.05) is 22.0 Å². The van der Waals surface area contributed by atoms with Crippen LogP contribution in [0.2, 0.25) is 0 Å². The number of anilines is 1. The van der Waals surface area contributed by atoms with E-state index < -0.39 is 0 Å². The molecule has 1 aromatic rings. The van der Waals surface area contributed by atoms with E-state index in [1.54, 1.807) is 0 Å². The van der Waals surface area contributed by atoms with Crippen molar-refractivity contribution in [2.45, 2.75) is 24.6 Å². The predicted molar refractivity (Wildman–Crippen MR) is 63.1 cm³/mol. The Morgan fingerprint density at radius 2 is 2.14 bits per heavy atom. The Bertz CT molecular complexity index is 306. The highest BCUT2D eigenvalue weighted by Gasteiger charge is 2.18. The number of aryl methyl sites for hydroxylation is 1. The zero-order valence-corrected chi connectivity index (χ0v) is 10.00. The minimum absolute atomic E-state index is 0.697. The summed E-state index contributed by atoms with van der Waals surface area (Å²) in [6, 6.07) is 4.12. The van der Waals surface area contributed by atoms with Gasteiger partial charge in [0.15, 0.2) is 0 Å². The quantitative estimate of drug-likeness (QED) is 0.717. The van der Waals surface area contributed by atoms with E-state index in [2.05, 4.69) is 38.8 Å². The van der Waals surface area contributed by atoms with Crippen LogP contribution in [-0.2, 0) is 0 Å². The van der Waals surface area contributed by atoms with Gasteiger partial charge in [-0.15, -0.1) is 0 Å². The van der Waals surface area contributed by atoms with Gasteiger partial charge in [-0.3, -0.25) is 0 Å². The summed E-state index contributed by atoms with van der Waals surface area (Å²) in [5, 5.41) is 0. The lowest BCUT2D eigenvalue weighted by atomic mass is 10.1. The van der Waals surface area contributed by atoms with Gasteiger partial charge in [-0.25, -0.2) is 4.98 Å². The maximum absolute atomic E-state index is 4.44. The molecule has 0 unspecified atom stereocenters. The summed E-state index contributed by atoms with van der Waals surface area (Å²) < 4.78 is 0. The van der Waals surface area contributed by atoms with Crippen LogP contribution in [0.3, 0.4) is 0 Å². The van der Waals surface area contributed by atoms with Crippen molar-refractivity contribution < 1.29 is 0 Å². The highest BCUT2D eigenvalue weighted by molar-refractivity contribution is 9.09. The standard InChI is InChI=1S/C11H15BrN2/c1-9-3-2-6-13-11(9)14-7-4-10(12)5-8-14/h2-3,6,10H,4-5,7-8H2,1H3. The number of aromatic nitrogens is 1. The number of hydrogen-bond donors (Lipinski definition) is 0. The van der Waals surface area contributed by atoms with E-state index in [4.69, 9.17) is 0 Å². The second-order valence-corrected chi connectivity index (χ2v) is 5.10. The first kappa shape index (κ1) is 9.97. The third kappa shape index (κ3) is 2.08. The Morgan fingerprint density at radius 1 is 1.43 bits per heavy atom. The van der Waals surface area contributed by atoms with E-state index in [9.17, 15) is 0 Å². The minimum atomic E-state index is 0.697. The molecule has 2 rings (SSSR count). The normalized spacial score (nSPS) is 18.6. The van der Waals surface area contributed by atoms with Gasteiger partial charge in [-0.2, -0.15) is 0 Å². The van der Waals surface area contributed by atoms with E-state index >= 15 is 0 Å². The Labute approximate surface area is 93.5 Å². The number of halogens is 1. The van der Waals surface area contributed by atoms with Crippen LogP contribution in [0, 0.1) is 6.92 Å². The van der Waals surface area contributed by atoms with Crippen molar-refractivity contribution in [2.75, 3.05) is 18.0 Å². The molecule has 2 heterocycles. The third-order valence-electron chi connectivity index (χ3n) is 2.71. The summed E-state index contributed by atoms with van der Waals surface area (Å²) in [5.74, 6) is 1.16. The number of alkyl halides is 1. The second kappa shape index (κ2) is 4.30. The highest BCUT2D eigenvalue weighted by Crippen LogP contribution is 2.23. The molecule has 1 aliphatic heterocycles. The first-order chi connectivity index (χ1) is 6.77.